The molecule has 0 aliphatic rings. The molecule has 0 aromatic heterocycles. The van der Waals surface area contributed by atoms with Crippen LogP contribution in [0.25, 0.3) is 11.1 Å². The quantitative estimate of drug-likeness (QED) is 0.435. The van der Waals surface area contributed by atoms with Crippen LogP contribution in [0.5, 0.6) is 11.5 Å². The summed E-state index contributed by atoms with van der Waals surface area (Å²) in [5.74, 6) is 0.877. The van der Waals surface area contributed by atoms with Crippen molar-refractivity contribution in [3.05, 3.63) is 82.4 Å². The highest BCUT2D eigenvalue weighted by Gasteiger charge is 2.21. The Labute approximate surface area is 160 Å². The highest BCUT2D eigenvalue weighted by molar-refractivity contribution is 6.00. The van der Waals surface area contributed by atoms with Gasteiger partial charge in [0, 0.05) is 5.56 Å². The SMILES string of the molecule is COc1cccc(C(=O)Oc2c(C)cc(C)cc2C)c1-c1ccccc1C. The van der Waals surface area contributed by atoms with Crippen molar-refractivity contribution in [3.63, 3.8) is 0 Å². The number of ether oxygens (including phenoxy) is 2. The van der Waals surface area contributed by atoms with E-state index < -0.39 is 0 Å². The molecule has 0 unspecified atom stereocenters. The summed E-state index contributed by atoms with van der Waals surface area (Å²) in [6.07, 6.45) is 0. The van der Waals surface area contributed by atoms with Crippen LogP contribution >= 0.6 is 0 Å². The highest BCUT2D eigenvalue weighted by Crippen LogP contribution is 2.36. The van der Waals surface area contributed by atoms with Gasteiger partial charge in [0.05, 0.1) is 12.7 Å². The predicted octanol–water partition coefficient (Wildman–Crippen LogP) is 5.82. The zero-order valence-corrected chi connectivity index (χ0v) is 16.4. The second kappa shape index (κ2) is 7.67. The lowest BCUT2D eigenvalue weighted by atomic mass is 9.95. The smallest absolute Gasteiger partial charge is 0.344 e. The zero-order valence-electron chi connectivity index (χ0n) is 16.4. The molecule has 3 rings (SSSR count). The first kappa shape index (κ1) is 18.7. The molecular formula is C24H24O3. The van der Waals surface area contributed by atoms with E-state index in [1.165, 1.54) is 0 Å². The molecule has 0 N–H and O–H groups in total. The summed E-state index contributed by atoms with van der Waals surface area (Å²) in [6.45, 7) is 7.96. The van der Waals surface area contributed by atoms with Crippen molar-refractivity contribution in [2.45, 2.75) is 27.7 Å². The van der Waals surface area contributed by atoms with E-state index in [1.54, 1.807) is 13.2 Å². The van der Waals surface area contributed by atoms with E-state index >= 15 is 0 Å². The minimum Gasteiger partial charge on any atom is -0.496 e. The molecule has 3 aromatic rings. The van der Waals surface area contributed by atoms with E-state index in [9.17, 15) is 4.79 Å². The van der Waals surface area contributed by atoms with Crippen LogP contribution in [0.4, 0.5) is 0 Å². The van der Waals surface area contributed by atoms with Gasteiger partial charge in [-0.3, -0.25) is 0 Å². The van der Waals surface area contributed by atoms with Crippen LogP contribution in [-0.4, -0.2) is 13.1 Å². The summed E-state index contributed by atoms with van der Waals surface area (Å²) in [5, 5.41) is 0. The van der Waals surface area contributed by atoms with Gasteiger partial charge in [0.15, 0.2) is 0 Å². The third-order valence-corrected chi connectivity index (χ3v) is 4.68. The number of hydrogen-bond donors (Lipinski definition) is 0. The van der Waals surface area contributed by atoms with Crippen LogP contribution in [0.15, 0.2) is 54.6 Å². The number of hydrogen-bond acceptors (Lipinski definition) is 3. The van der Waals surface area contributed by atoms with Crippen LogP contribution in [-0.2, 0) is 0 Å². The van der Waals surface area contributed by atoms with Crippen LogP contribution in [0, 0.1) is 27.7 Å². The molecular weight excluding hydrogens is 336 g/mol. The van der Waals surface area contributed by atoms with Gasteiger partial charge >= 0.3 is 5.97 Å². The molecule has 3 aromatic carbocycles. The molecule has 0 fully saturated rings. The molecule has 3 heteroatoms. The van der Waals surface area contributed by atoms with E-state index in [0.717, 1.165) is 33.4 Å². The Morgan fingerprint density at radius 1 is 0.815 bits per heavy atom. The maximum Gasteiger partial charge on any atom is 0.344 e. The van der Waals surface area contributed by atoms with Crippen LogP contribution in [0.3, 0.4) is 0 Å². The summed E-state index contributed by atoms with van der Waals surface area (Å²) in [5.41, 5.74) is 6.31. The minimum atomic E-state index is -0.387. The number of carbonyl (C=O) groups excluding carboxylic acids is 1. The lowest BCUT2D eigenvalue weighted by Crippen LogP contribution is -2.12. The average Bonchev–Trinajstić information content (AvgIpc) is 2.64. The summed E-state index contributed by atoms with van der Waals surface area (Å²) in [6, 6.07) is 17.4. The number of methoxy groups -OCH3 is 1. The molecule has 3 nitrogen and oxygen atoms in total. The fraction of sp³-hybridized carbons (Fsp3) is 0.208. The Bertz CT molecular complexity index is 979. The van der Waals surface area contributed by atoms with E-state index in [0.29, 0.717) is 17.1 Å². The maximum absolute atomic E-state index is 13.1. The summed E-state index contributed by atoms with van der Waals surface area (Å²) in [7, 11) is 1.61. The Morgan fingerprint density at radius 2 is 1.48 bits per heavy atom. The van der Waals surface area contributed by atoms with Gasteiger partial charge in [-0.1, -0.05) is 48.0 Å². The Hall–Kier alpha value is -3.07. The summed E-state index contributed by atoms with van der Waals surface area (Å²) >= 11 is 0. The van der Waals surface area contributed by atoms with E-state index in [4.69, 9.17) is 9.47 Å². The topological polar surface area (TPSA) is 35.5 Å². The van der Waals surface area contributed by atoms with Crippen molar-refractivity contribution in [1.82, 2.24) is 0 Å². The highest BCUT2D eigenvalue weighted by atomic mass is 16.5. The van der Waals surface area contributed by atoms with Gasteiger partial charge in [0.1, 0.15) is 11.5 Å². The normalized spacial score (nSPS) is 10.6. The fourth-order valence-electron chi connectivity index (χ4n) is 3.48. The van der Waals surface area contributed by atoms with Crippen molar-refractivity contribution >= 4 is 5.97 Å². The van der Waals surface area contributed by atoms with E-state index in [1.807, 2.05) is 76.2 Å². The van der Waals surface area contributed by atoms with Crippen molar-refractivity contribution < 1.29 is 14.3 Å². The summed E-state index contributed by atoms with van der Waals surface area (Å²) < 4.78 is 11.4. The first-order chi connectivity index (χ1) is 12.9. The van der Waals surface area contributed by atoms with Gasteiger partial charge in [0.25, 0.3) is 0 Å². The molecule has 0 spiro atoms. The van der Waals surface area contributed by atoms with Gasteiger partial charge in [-0.05, 0) is 62.1 Å². The standard InChI is InChI=1S/C24H24O3/c1-15-13-17(3)23(18(4)14-15)27-24(25)20-11-8-12-21(26-5)22(20)19-10-7-6-9-16(19)2/h6-14H,1-5H3. The van der Waals surface area contributed by atoms with Crippen LogP contribution < -0.4 is 9.47 Å². The molecule has 0 bridgehead atoms. The Kier molecular flexibility index (Phi) is 5.31. The molecule has 138 valence electrons. The van der Waals surface area contributed by atoms with Crippen molar-refractivity contribution in [2.24, 2.45) is 0 Å². The van der Waals surface area contributed by atoms with Crippen molar-refractivity contribution in [3.8, 4) is 22.6 Å². The second-order valence-electron chi connectivity index (χ2n) is 6.82. The van der Waals surface area contributed by atoms with Gasteiger partial charge in [-0.2, -0.15) is 0 Å². The monoisotopic (exact) mass is 360 g/mol. The average molecular weight is 360 g/mol. The molecule has 0 aliphatic heterocycles. The lowest BCUT2D eigenvalue weighted by molar-refractivity contribution is 0.0732. The van der Waals surface area contributed by atoms with E-state index in [-0.39, 0.29) is 5.97 Å². The molecule has 0 atom stereocenters. The molecule has 0 heterocycles. The van der Waals surface area contributed by atoms with Crippen LogP contribution in [0.1, 0.15) is 32.6 Å². The summed E-state index contributed by atoms with van der Waals surface area (Å²) in [4.78, 5) is 13.1. The molecule has 0 saturated heterocycles. The van der Waals surface area contributed by atoms with Gasteiger partial charge < -0.3 is 9.47 Å². The van der Waals surface area contributed by atoms with Gasteiger partial charge in [-0.15, -0.1) is 0 Å². The second-order valence-corrected chi connectivity index (χ2v) is 6.82. The molecule has 0 saturated carbocycles. The molecule has 0 amide bonds. The third kappa shape index (κ3) is 3.72. The number of benzene rings is 3. The molecule has 27 heavy (non-hydrogen) atoms. The largest absolute Gasteiger partial charge is 0.496 e. The number of carbonyl (C=O) groups is 1. The minimum absolute atomic E-state index is 0.387. The van der Waals surface area contributed by atoms with Gasteiger partial charge in [-0.25, -0.2) is 4.79 Å². The molecule has 0 aliphatic carbocycles. The van der Waals surface area contributed by atoms with Gasteiger partial charge in [0.2, 0.25) is 0 Å². The van der Waals surface area contributed by atoms with Crippen molar-refractivity contribution in [2.75, 3.05) is 7.11 Å². The number of esters is 1. The van der Waals surface area contributed by atoms with E-state index in [2.05, 4.69) is 0 Å². The first-order valence-electron chi connectivity index (χ1n) is 8.95. The lowest BCUT2D eigenvalue weighted by Gasteiger charge is -2.17. The van der Waals surface area contributed by atoms with Crippen LogP contribution in [0.2, 0.25) is 0 Å². The Morgan fingerprint density at radius 3 is 2.11 bits per heavy atom. The predicted molar refractivity (Wildman–Crippen MR) is 109 cm³/mol. The van der Waals surface area contributed by atoms with Crippen molar-refractivity contribution in [1.29, 1.82) is 0 Å². The fourth-order valence-corrected chi connectivity index (χ4v) is 3.48. The first-order valence-corrected chi connectivity index (χ1v) is 8.95. The zero-order chi connectivity index (χ0) is 19.6. The molecule has 0 radical (unpaired) electrons. The maximum atomic E-state index is 13.1. The Balaban J connectivity index is 2.10. The number of aryl methyl sites for hydroxylation is 4. The third-order valence-electron chi connectivity index (χ3n) is 4.68. The number of rotatable bonds is 4.